The Kier molecular flexibility index (Phi) is 77.2. The molecule has 0 aromatic carbocycles. The molecule has 0 aliphatic carbocycles. The second-order valence-electron chi connectivity index (χ2n) is 34.0. The number of aliphatic hydroxyl groups excluding tert-OH is 1. The molecule has 0 rings (SSSR count). The van der Waals surface area contributed by atoms with E-state index in [1.807, 2.05) is 0 Å². The van der Waals surface area contributed by atoms with Crippen molar-refractivity contribution in [3.8, 4) is 0 Å². The molecule has 0 radical (unpaired) electrons. The van der Waals surface area contributed by atoms with Crippen molar-refractivity contribution in [3.63, 3.8) is 0 Å². The van der Waals surface area contributed by atoms with Gasteiger partial charge in [0.05, 0.1) is 26.4 Å². The Labute approximate surface area is 670 Å². The lowest BCUT2D eigenvalue weighted by Crippen LogP contribution is -2.30. The van der Waals surface area contributed by atoms with Gasteiger partial charge in [-0.1, -0.05) is 421 Å². The van der Waals surface area contributed by atoms with Crippen molar-refractivity contribution in [2.24, 2.45) is 23.7 Å². The number of rotatable bonds is 87. The van der Waals surface area contributed by atoms with Gasteiger partial charge in [0.2, 0.25) is 0 Å². The first-order chi connectivity index (χ1) is 52.6. The van der Waals surface area contributed by atoms with Crippen molar-refractivity contribution in [1.29, 1.82) is 0 Å². The van der Waals surface area contributed by atoms with Gasteiger partial charge in [-0.25, -0.2) is 9.13 Å². The number of phosphoric acid groups is 2. The van der Waals surface area contributed by atoms with Crippen LogP contribution in [0.15, 0.2) is 0 Å². The van der Waals surface area contributed by atoms with Crippen molar-refractivity contribution < 1.29 is 80.2 Å². The summed E-state index contributed by atoms with van der Waals surface area (Å²) in [5.41, 5.74) is 0. The average molecular weight is 1590 g/mol. The molecule has 0 heterocycles. The first-order valence-corrected chi connectivity index (χ1v) is 49.2. The van der Waals surface area contributed by atoms with Crippen LogP contribution in [0, 0.1) is 23.7 Å². The molecule has 109 heavy (non-hydrogen) atoms. The SMILES string of the molecule is CCC(C)CCCCCCCCCCCCCCCCCCCCC(=O)O[C@H](COC(=O)CCCCCCCCCCCCCCCC(C)C)COP(=O)(O)OCC(O)COP(=O)(O)OC[C@@H](COC(=O)CCCCCCCCCC(C)C)OC(=O)CCCCCCCCCCCCCCCCCCCCC(C)C. The number of unbranched alkanes of at least 4 members (excludes halogenated alkanes) is 52. The molecule has 19 heteroatoms. The Hall–Kier alpha value is -1.94. The van der Waals surface area contributed by atoms with Crippen molar-refractivity contribution in [3.05, 3.63) is 0 Å². The summed E-state index contributed by atoms with van der Waals surface area (Å²) >= 11 is 0. The molecule has 0 amide bonds. The van der Waals surface area contributed by atoms with Crippen molar-refractivity contribution in [1.82, 2.24) is 0 Å². The number of hydrogen-bond acceptors (Lipinski definition) is 15. The van der Waals surface area contributed by atoms with Crippen LogP contribution in [0.1, 0.15) is 473 Å². The molecule has 3 N–H and O–H groups in total. The summed E-state index contributed by atoms with van der Waals surface area (Å²) in [4.78, 5) is 73.3. The van der Waals surface area contributed by atoms with E-state index in [1.165, 1.54) is 270 Å². The zero-order chi connectivity index (χ0) is 80.2. The molecule has 0 spiro atoms. The summed E-state index contributed by atoms with van der Waals surface area (Å²) in [6.07, 6.45) is 69.6. The number of ether oxygens (including phenoxy) is 4. The van der Waals surface area contributed by atoms with Crippen LogP contribution in [0.2, 0.25) is 0 Å². The van der Waals surface area contributed by atoms with Crippen LogP contribution >= 0.6 is 15.6 Å². The molecule has 0 saturated heterocycles. The number of hydrogen-bond donors (Lipinski definition) is 3. The third-order valence-electron chi connectivity index (χ3n) is 21.4. The summed E-state index contributed by atoms with van der Waals surface area (Å²) < 4.78 is 69.0. The van der Waals surface area contributed by atoms with Gasteiger partial charge in [0.15, 0.2) is 12.2 Å². The molecular formula is C90H176O17P2. The second-order valence-corrected chi connectivity index (χ2v) is 36.9. The lowest BCUT2D eigenvalue weighted by molar-refractivity contribution is -0.161. The van der Waals surface area contributed by atoms with Gasteiger partial charge < -0.3 is 33.8 Å². The molecule has 4 unspecified atom stereocenters. The van der Waals surface area contributed by atoms with E-state index in [-0.39, 0.29) is 25.7 Å². The van der Waals surface area contributed by atoms with E-state index in [4.69, 9.17) is 37.0 Å². The highest BCUT2D eigenvalue weighted by molar-refractivity contribution is 7.47. The maximum atomic E-state index is 13.2. The van der Waals surface area contributed by atoms with E-state index in [0.717, 1.165) is 114 Å². The monoisotopic (exact) mass is 1590 g/mol. The first kappa shape index (κ1) is 107. The van der Waals surface area contributed by atoms with E-state index >= 15 is 0 Å². The van der Waals surface area contributed by atoms with Crippen LogP contribution in [0.5, 0.6) is 0 Å². The predicted octanol–water partition coefficient (Wildman–Crippen LogP) is 27.5. The van der Waals surface area contributed by atoms with Crippen LogP contribution < -0.4 is 0 Å². The van der Waals surface area contributed by atoms with Crippen molar-refractivity contribution in [2.45, 2.75) is 491 Å². The van der Waals surface area contributed by atoms with E-state index in [0.29, 0.717) is 31.6 Å². The van der Waals surface area contributed by atoms with Crippen LogP contribution in [-0.4, -0.2) is 96.7 Å². The van der Waals surface area contributed by atoms with Gasteiger partial charge in [-0.3, -0.25) is 37.3 Å². The standard InChI is InChI=1S/C90H176O17P2/c1-9-83(8)69-61-53-45-37-31-25-19-15-11-13-17-21-27-34-40-48-56-64-72-89(94)106-85(76-100-87(92)70-62-54-46-38-32-28-22-24-30-36-43-51-59-67-81(4)5)78-104-108(96,97)102-74-84(91)75-103-109(98,99)105-79-86(77-101-88(93)71-63-55-49-41-44-52-60-68-82(6)7)107-90(95)73-65-57-47-39-33-26-20-16-12-10-14-18-23-29-35-42-50-58-66-80(2)3/h80-86,91H,9-79H2,1-8H3,(H,96,97)(H,98,99)/t83?,84?,85-,86-/m1/s1. The van der Waals surface area contributed by atoms with Gasteiger partial charge in [-0.2, -0.15) is 0 Å². The van der Waals surface area contributed by atoms with Gasteiger partial charge in [0.25, 0.3) is 0 Å². The smallest absolute Gasteiger partial charge is 0.462 e. The quantitative estimate of drug-likeness (QED) is 0.0222. The van der Waals surface area contributed by atoms with E-state index in [2.05, 4.69) is 55.4 Å². The molecule has 648 valence electrons. The second kappa shape index (κ2) is 78.6. The maximum Gasteiger partial charge on any atom is 0.472 e. The minimum Gasteiger partial charge on any atom is -0.462 e. The minimum atomic E-state index is -4.97. The fourth-order valence-electron chi connectivity index (χ4n) is 14.0. The third kappa shape index (κ3) is 82.4. The molecule has 0 aliphatic rings. The molecule has 0 saturated carbocycles. The molecular weight excluding hydrogens is 1410 g/mol. The Morgan fingerprint density at radius 2 is 0.440 bits per heavy atom. The van der Waals surface area contributed by atoms with Gasteiger partial charge in [0.1, 0.15) is 19.3 Å². The number of esters is 4. The van der Waals surface area contributed by atoms with E-state index in [9.17, 15) is 43.2 Å². The highest BCUT2D eigenvalue weighted by Gasteiger charge is 2.31. The fraction of sp³-hybridized carbons (Fsp3) is 0.956. The van der Waals surface area contributed by atoms with Crippen LogP contribution in [0.4, 0.5) is 0 Å². The molecule has 6 atom stereocenters. The number of aliphatic hydroxyl groups is 1. The Morgan fingerprint density at radius 1 is 0.257 bits per heavy atom. The fourth-order valence-corrected chi connectivity index (χ4v) is 15.6. The summed E-state index contributed by atoms with van der Waals surface area (Å²) in [5.74, 6) is 1.08. The van der Waals surface area contributed by atoms with Gasteiger partial charge >= 0.3 is 39.5 Å². The lowest BCUT2D eigenvalue weighted by atomic mass is 9.99. The molecule has 0 aromatic heterocycles. The van der Waals surface area contributed by atoms with Gasteiger partial charge in [0, 0.05) is 25.7 Å². The largest absolute Gasteiger partial charge is 0.472 e. The van der Waals surface area contributed by atoms with Crippen LogP contribution in [-0.2, 0) is 65.4 Å². The van der Waals surface area contributed by atoms with Crippen molar-refractivity contribution >= 4 is 39.5 Å². The minimum absolute atomic E-state index is 0.107. The van der Waals surface area contributed by atoms with Gasteiger partial charge in [-0.05, 0) is 49.4 Å². The van der Waals surface area contributed by atoms with E-state index < -0.39 is 97.5 Å². The maximum absolute atomic E-state index is 13.2. The highest BCUT2D eigenvalue weighted by Crippen LogP contribution is 2.45. The van der Waals surface area contributed by atoms with Crippen molar-refractivity contribution in [2.75, 3.05) is 39.6 Å². The molecule has 0 bridgehead atoms. The van der Waals surface area contributed by atoms with Gasteiger partial charge in [-0.15, -0.1) is 0 Å². The van der Waals surface area contributed by atoms with E-state index in [1.54, 1.807) is 0 Å². The molecule has 0 fully saturated rings. The number of phosphoric ester groups is 2. The normalized spacial score (nSPS) is 14.1. The highest BCUT2D eigenvalue weighted by atomic mass is 31.2. The Morgan fingerprint density at radius 3 is 0.651 bits per heavy atom. The topological polar surface area (TPSA) is 237 Å². The predicted molar refractivity (Wildman–Crippen MR) is 451 cm³/mol. The first-order valence-electron chi connectivity index (χ1n) is 46.2. The summed E-state index contributed by atoms with van der Waals surface area (Å²) in [6, 6.07) is 0. The number of carbonyl (C=O) groups is 4. The zero-order valence-electron chi connectivity index (χ0n) is 72.2. The number of carbonyl (C=O) groups excluding carboxylic acids is 4. The lowest BCUT2D eigenvalue weighted by Gasteiger charge is -2.21. The summed E-state index contributed by atoms with van der Waals surface area (Å²) in [6.45, 7) is 14.4. The average Bonchev–Trinajstić information content (AvgIpc) is 0.910. The zero-order valence-corrected chi connectivity index (χ0v) is 74.0. The summed E-state index contributed by atoms with van der Waals surface area (Å²) in [5, 5.41) is 10.7. The third-order valence-corrected chi connectivity index (χ3v) is 23.3. The molecule has 0 aromatic rings. The molecule has 0 aliphatic heterocycles. The summed E-state index contributed by atoms with van der Waals surface area (Å²) in [7, 11) is -9.93. The van der Waals surface area contributed by atoms with Crippen LogP contribution in [0.25, 0.3) is 0 Å². The Bertz CT molecular complexity index is 2110. The molecule has 17 nitrogen and oxygen atoms in total. The Balaban J connectivity index is 5.20. The van der Waals surface area contributed by atoms with Crippen LogP contribution in [0.3, 0.4) is 0 Å².